The Bertz CT molecular complexity index is 2220. The highest BCUT2D eigenvalue weighted by atomic mass is 35.5. The van der Waals surface area contributed by atoms with Gasteiger partial charge in [0.2, 0.25) is 17.2 Å². The number of hydrogen-bond donors (Lipinski definition) is 5. The van der Waals surface area contributed by atoms with E-state index in [9.17, 15) is 41.8 Å². The van der Waals surface area contributed by atoms with E-state index in [0.29, 0.717) is 55.1 Å². The highest BCUT2D eigenvalue weighted by Crippen LogP contribution is 2.28. The number of anilines is 2. The summed E-state index contributed by atoms with van der Waals surface area (Å²) in [5, 5.41) is 16.1. The quantitative estimate of drug-likeness (QED) is 0.0609. The molecule has 0 fully saturated rings. The zero-order chi connectivity index (χ0) is 48.1. The second kappa shape index (κ2) is 27.1. The van der Waals surface area contributed by atoms with Gasteiger partial charge in [-0.25, -0.2) is 14.2 Å². The Morgan fingerprint density at radius 3 is 2.00 bits per heavy atom. The molecule has 0 aliphatic carbocycles. The second-order valence-electron chi connectivity index (χ2n) is 13.1. The van der Waals surface area contributed by atoms with Gasteiger partial charge < -0.3 is 44.3 Å². The van der Waals surface area contributed by atoms with E-state index in [1.54, 1.807) is 6.92 Å². The fourth-order valence-corrected chi connectivity index (χ4v) is 5.12. The maximum absolute atomic E-state index is 13.1. The topological polar surface area (TPSA) is 261 Å². The van der Waals surface area contributed by atoms with E-state index in [4.69, 9.17) is 35.8 Å². The number of benzene rings is 2. The number of ether oxygens (including phenoxy) is 3. The molecule has 0 saturated heterocycles. The van der Waals surface area contributed by atoms with E-state index in [-0.39, 0.29) is 17.6 Å². The van der Waals surface area contributed by atoms with Gasteiger partial charge in [0.05, 0.1) is 44.4 Å². The van der Waals surface area contributed by atoms with Gasteiger partial charge in [-0.1, -0.05) is 19.1 Å². The second-order valence-corrected chi connectivity index (χ2v) is 17.4. The summed E-state index contributed by atoms with van der Waals surface area (Å²) >= 11 is 5.68. The predicted molar refractivity (Wildman–Crippen MR) is 233 cm³/mol. The molecular formula is C38H53ClF3N8O11PS. The Labute approximate surface area is 369 Å². The van der Waals surface area contributed by atoms with Crippen LogP contribution in [0.4, 0.5) is 25.1 Å². The van der Waals surface area contributed by atoms with Crippen LogP contribution in [-0.4, -0.2) is 104 Å². The number of aryl methyl sites for hydroxylation is 1. The fraction of sp³-hybridized carbons (Fsp3) is 0.447. The number of carbonyl (C=O) groups is 2. The lowest BCUT2D eigenvalue weighted by Gasteiger charge is -2.17. The molecule has 5 N–H and O–H groups in total. The SMILES string of the molecule is CCNc1nc(Cl)nc(NCC)n1.CCc1ccc(COc2ccc(-n3c(=O)cc(C(F)(F)F)n(C)c3=O)cc2)c(OC(C)C(=O)OC)c1.C[S+](C)C.O=C(O)CNCP(=O)([O-])O. The number of aromatic nitrogens is 5. The molecule has 0 saturated carbocycles. The van der Waals surface area contributed by atoms with Crippen LogP contribution in [0.15, 0.2) is 58.1 Å². The van der Waals surface area contributed by atoms with Gasteiger partial charge in [-0.2, -0.15) is 28.1 Å². The lowest BCUT2D eigenvalue weighted by Crippen LogP contribution is -2.40. The van der Waals surface area contributed by atoms with Crippen molar-refractivity contribution < 1.29 is 56.4 Å². The molecule has 2 aromatic carbocycles. The van der Waals surface area contributed by atoms with Crippen molar-refractivity contribution in [2.75, 3.05) is 62.4 Å². The van der Waals surface area contributed by atoms with Gasteiger partial charge in [0.1, 0.15) is 31.4 Å². The standard InChI is InChI=1S/C25H25F3N2O6.C7H12ClN5.C3H8NO5P.C3H9S/c1-5-16-6-7-17(20(12-16)36-15(2)23(32)34-4)14-35-19-10-8-18(9-11-19)30-22(31)13-21(25(26,27)28)29(3)24(30)33;1-3-9-6-11-5(8)12-7(13-6)10-4-2;5-3(6)1-4-2-10(7,8)9;1-4(2)3/h6-13,15H,5,14H2,1-4H3;3-4H2,1-2H3,(H2,9,10,11,12,13);4H,1-2H2,(H,5,6)(H2,7,8,9);1-3H3/q;;;+1/p-1. The van der Waals surface area contributed by atoms with Gasteiger partial charge in [0, 0.05) is 31.8 Å². The average molecular weight is 953 g/mol. The first kappa shape index (κ1) is 55.8. The lowest BCUT2D eigenvalue weighted by molar-refractivity contribution is -0.193. The molecule has 2 unspecified atom stereocenters. The van der Waals surface area contributed by atoms with Crippen LogP contribution in [0.3, 0.4) is 0 Å². The molecule has 2 heterocycles. The van der Waals surface area contributed by atoms with E-state index < -0.39 is 61.6 Å². The van der Waals surface area contributed by atoms with Crippen molar-refractivity contribution in [2.24, 2.45) is 7.05 Å². The van der Waals surface area contributed by atoms with Crippen LogP contribution in [0.1, 0.15) is 44.5 Å². The van der Waals surface area contributed by atoms with Crippen LogP contribution >= 0.6 is 19.2 Å². The summed E-state index contributed by atoms with van der Waals surface area (Å²) in [6, 6.07) is 11.7. The van der Waals surface area contributed by atoms with Crippen molar-refractivity contribution in [3.63, 3.8) is 0 Å². The third kappa shape index (κ3) is 21.2. The van der Waals surface area contributed by atoms with Crippen molar-refractivity contribution in [1.29, 1.82) is 0 Å². The lowest BCUT2D eigenvalue weighted by atomic mass is 10.1. The number of hydrogen-bond acceptors (Lipinski definition) is 15. The number of carboxylic acid groups (broad SMARTS) is 1. The number of halogens is 4. The van der Waals surface area contributed by atoms with E-state index in [0.717, 1.165) is 32.1 Å². The molecule has 0 amide bonds. The molecule has 0 aliphatic rings. The van der Waals surface area contributed by atoms with Gasteiger partial charge in [-0.15, -0.1) is 0 Å². The molecule has 0 bridgehead atoms. The van der Waals surface area contributed by atoms with Crippen LogP contribution in [0, 0.1) is 0 Å². The summed E-state index contributed by atoms with van der Waals surface area (Å²) in [7, 11) is -1.49. The number of carbonyl (C=O) groups excluding carboxylic acids is 1. The third-order valence-corrected chi connectivity index (χ3v) is 8.13. The number of rotatable bonds is 16. The number of methoxy groups -OCH3 is 1. The molecular weight excluding hydrogens is 900 g/mol. The first-order chi connectivity index (χ1) is 29.4. The normalized spacial score (nSPS) is 12.1. The van der Waals surface area contributed by atoms with Crippen LogP contribution in [-0.2, 0) is 56.0 Å². The van der Waals surface area contributed by atoms with Crippen molar-refractivity contribution >= 4 is 53.9 Å². The number of nitrogens with one attached hydrogen (secondary N) is 3. The summed E-state index contributed by atoms with van der Waals surface area (Å²) in [5.74, 6) is 0.139. The van der Waals surface area contributed by atoms with E-state index in [1.807, 2.05) is 44.3 Å². The molecule has 0 spiro atoms. The van der Waals surface area contributed by atoms with Gasteiger partial charge in [0.15, 0.2) is 6.10 Å². The van der Waals surface area contributed by atoms with Crippen molar-refractivity contribution in [3.05, 3.63) is 91.5 Å². The van der Waals surface area contributed by atoms with Gasteiger partial charge in [0.25, 0.3) is 5.56 Å². The zero-order valence-corrected chi connectivity index (χ0v) is 38.6. The fourth-order valence-electron chi connectivity index (χ4n) is 4.57. The number of alkyl halides is 3. The Hall–Kier alpha value is -5.19. The molecule has 0 aliphatic heterocycles. The van der Waals surface area contributed by atoms with Crippen LogP contribution in [0.25, 0.3) is 5.69 Å². The monoisotopic (exact) mass is 952 g/mol. The third-order valence-electron chi connectivity index (χ3n) is 7.34. The molecule has 350 valence electrons. The van der Waals surface area contributed by atoms with Gasteiger partial charge in [-0.3, -0.25) is 19.5 Å². The molecule has 4 rings (SSSR count). The minimum absolute atomic E-state index is 0.0779. The van der Waals surface area contributed by atoms with E-state index >= 15 is 0 Å². The molecule has 63 heavy (non-hydrogen) atoms. The first-order valence-electron chi connectivity index (χ1n) is 18.7. The summed E-state index contributed by atoms with van der Waals surface area (Å²) in [4.78, 5) is 76.1. The molecule has 4 aromatic rings. The zero-order valence-electron chi connectivity index (χ0n) is 36.1. The van der Waals surface area contributed by atoms with Gasteiger partial charge in [-0.05, 0) is 85.6 Å². The Morgan fingerprint density at radius 2 is 1.54 bits per heavy atom. The van der Waals surface area contributed by atoms with Crippen molar-refractivity contribution in [3.8, 4) is 17.2 Å². The van der Waals surface area contributed by atoms with E-state index in [1.165, 1.54) is 31.4 Å². The summed E-state index contributed by atoms with van der Waals surface area (Å²) in [5.41, 5.74) is -1.80. The molecule has 2 aromatic heterocycles. The van der Waals surface area contributed by atoms with Crippen molar-refractivity contribution in [1.82, 2.24) is 29.4 Å². The highest BCUT2D eigenvalue weighted by Gasteiger charge is 2.35. The summed E-state index contributed by atoms with van der Waals surface area (Å²) in [6.07, 6.45) is 0.967. The number of aliphatic carboxylic acids is 1. The molecule has 19 nitrogen and oxygen atoms in total. The minimum atomic E-state index is -4.84. The summed E-state index contributed by atoms with van der Waals surface area (Å²) in [6.45, 7) is 8.59. The Morgan fingerprint density at radius 1 is 0.984 bits per heavy atom. The van der Waals surface area contributed by atoms with Crippen molar-refractivity contribution in [2.45, 2.75) is 53.0 Å². The summed E-state index contributed by atoms with van der Waals surface area (Å²) < 4.78 is 66.4. The Balaban J connectivity index is 0.000000595. The largest absolute Gasteiger partial charge is 0.778 e. The maximum Gasteiger partial charge on any atom is 0.431 e. The maximum atomic E-state index is 13.1. The highest BCUT2D eigenvalue weighted by molar-refractivity contribution is 7.94. The molecule has 25 heteroatoms. The average Bonchev–Trinajstić information content (AvgIpc) is 3.18. The first-order valence-corrected chi connectivity index (χ1v) is 23.3. The number of esters is 1. The van der Waals surface area contributed by atoms with Gasteiger partial charge >= 0.3 is 23.8 Å². The Kier molecular flexibility index (Phi) is 24.0. The van der Waals surface area contributed by atoms with Crippen LogP contribution < -0.4 is 41.6 Å². The van der Waals surface area contributed by atoms with Crippen LogP contribution in [0.2, 0.25) is 5.28 Å². The molecule has 0 radical (unpaired) electrons. The minimum Gasteiger partial charge on any atom is -0.778 e. The van der Waals surface area contributed by atoms with E-state index in [2.05, 4.69) is 44.4 Å². The number of nitrogens with zero attached hydrogens (tertiary/aromatic N) is 5. The number of carboxylic acids is 1. The molecule has 2 atom stereocenters. The predicted octanol–water partition coefficient (Wildman–Crippen LogP) is 3.68. The van der Waals surface area contributed by atoms with Crippen LogP contribution in [0.5, 0.6) is 11.5 Å². The smallest absolute Gasteiger partial charge is 0.431 e.